The first-order valence-corrected chi connectivity index (χ1v) is 12.6. The molecule has 2 aliphatic rings. The summed E-state index contributed by atoms with van der Waals surface area (Å²) in [5.74, 6) is 0. The number of amides is 2. The van der Waals surface area contributed by atoms with Gasteiger partial charge in [-0.2, -0.15) is 0 Å². The number of hydrogen-bond acceptors (Lipinski definition) is 3. The number of anilines is 1. The smallest absolute Gasteiger partial charge is 0.319 e. The van der Waals surface area contributed by atoms with Crippen molar-refractivity contribution in [2.45, 2.75) is 58.5 Å². The quantitative estimate of drug-likeness (QED) is 0.528. The van der Waals surface area contributed by atoms with E-state index in [4.69, 9.17) is 0 Å². The van der Waals surface area contributed by atoms with Crippen LogP contribution in [0.25, 0.3) is 5.00 Å². The minimum absolute atomic E-state index is 0.0693. The Labute approximate surface area is 194 Å². The highest BCUT2D eigenvalue weighted by Gasteiger charge is 2.28. The third-order valence-electron chi connectivity index (χ3n) is 6.87. The molecule has 2 amide bonds. The number of urea groups is 1. The SMILES string of the molecule is CCN1CCc2c(sc(-n3cccc3)c2[C@H](C)NC(=O)Nc2cccc3c2CCCC3)C1. The molecule has 1 aliphatic carbocycles. The minimum atomic E-state index is -0.124. The van der Waals surface area contributed by atoms with Crippen LogP contribution in [0.4, 0.5) is 10.5 Å². The largest absolute Gasteiger partial charge is 0.331 e. The molecule has 5 rings (SSSR count). The van der Waals surface area contributed by atoms with E-state index in [0.29, 0.717) is 0 Å². The topological polar surface area (TPSA) is 49.3 Å². The third-order valence-corrected chi connectivity index (χ3v) is 8.11. The fourth-order valence-electron chi connectivity index (χ4n) is 5.17. The molecule has 168 valence electrons. The molecule has 0 radical (unpaired) electrons. The van der Waals surface area contributed by atoms with E-state index in [1.807, 2.05) is 17.4 Å². The number of nitrogens with zero attached hydrogens (tertiary/aromatic N) is 2. The predicted octanol–water partition coefficient (Wildman–Crippen LogP) is 5.68. The van der Waals surface area contributed by atoms with Crippen molar-refractivity contribution >= 4 is 23.1 Å². The van der Waals surface area contributed by atoms with E-state index < -0.39 is 0 Å². The zero-order valence-electron chi connectivity index (χ0n) is 19.0. The number of likely N-dealkylation sites (N-methyl/N-ethyl adjacent to an activating group) is 1. The van der Waals surface area contributed by atoms with E-state index in [1.54, 1.807) is 0 Å². The average molecular weight is 449 g/mol. The highest BCUT2D eigenvalue weighted by molar-refractivity contribution is 7.15. The molecule has 5 nitrogen and oxygen atoms in total. The molecule has 0 saturated carbocycles. The van der Waals surface area contributed by atoms with Crippen LogP contribution in [0, 0.1) is 0 Å². The Morgan fingerprint density at radius 2 is 1.91 bits per heavy atom. The van der Waals surface area contributed by atoms with E-state index in [2.05, 4.69) is 70.6 Å². The van der Waals surface area contributed by atoms with Crippen molar-refractivity contribution in [3.63, 3.8) is 0 Å². The molecule has 1 atom stereocenters. The second-order valence-corrected chi connectivity index (χ2v) is 9.99. The van der Waals surface area contributed by atoms with Gasteiger partial charge in [0.15, 0.2) is 0 Å². The van der Waals surface area contributed by atoms with Crippen LogP contribution in [0.1, 0.15) is 59.9 Å². The van der Waals surface area contributed by atoms with E-state index in [1.165, 1.54) is 45.0 Å². The second-order valence-electron chi connectivity index (χ2n) is 8.90. The van der Waals surface area contributed by atoms with E-state index in [9.17, 15) is 4.79 Å². The van der Waals surface area contributed by atoms with Gasteiger partial charge in [0.1, 0.15) is 5.00 Å². The van der Waals surface area contributed by atoms with Crippen molar-refractivity contribution in [1.29, 1.82) is 0 Å². The lowest BCUT2D eigenvalue weighted by molar-refractivity contribution is 0.249. The molecule has 6 heteroatoms. The van der Waals surface area contributed by atoms with Crippen LogP contribution in [0.5, 0.6) is 0 Å². The van der Waals surface area contributed by atoms with Gasteiger partial charge in [0.2, 0.25) is 0 Å². The highest BCUT2D eigenvalue weighted by atomic mass is 32.1. The summed E-state index contributed by atoms with van der Waals surface area (Å²) in [6.45, 7) is 7.49. The molecular weight excluding hydrogens is 416 g/mol. The van der Waals surface area contributed by atoms with Crippen molar-refractivity contribution in [2.75, 3.05) is 18.4 Å². The first-order valence-electron chi connectivity index (χ1n) is 11.8. The van der Waals surface area contributed by atoms with Gasteiger partial charge >= 0.3 is 6.03 Å². The lowest BCUT2D eigenvalue weighted by Crippen LogP contribution is -2.33. The van der Waals surface area contributed by atoms with Gasteiger partial charge in [0.05, 0.1) is 6.04 Å². The summed E-state index contributed by atoms with van der Waals surface area (Å²) in [6.07, 6.45) is 9.82. The van der Waals surface area contributed by atoms with Gasteiger partial charge in [-0.1, -0.05) is 19.1 Å². The number of hydrogen-bond donors (Lipinski definition) is 2. The molecule has 2 aromatic heterocycles. The van der Waals surface area contributed by atoms with Gasteiger partial charge in [0, 0.05) is 41.6 Å². The molecule has 0 unspecified atom stereocenters. The number of aryl methyl sites for hydroxylation is 1. The molecule has 0 fully saturated rings. The summed E-state index contributed by atoms with van der Waals surface area (Å²) in [4.78, 5) is 17.0. The zero-order valence-corrected chi connectivity index (χ0v) is 19.8. The van der Waals surface area contributed by atoms with E-state index in [0.717, 1.165) is 44.6 Å². The first-order chi connectivity index (χ1) is 15.6. The Hall–Kier alpha value is -2.57. The molecule has 3 aromatic rings. The van der Waals surface area contributed by atoms with Crippen molar-refractivity contribution in [1.82, 2.24) is 14.8 Å². The molecule has 0 spiro atoms. The molecule has 0 bridgehead atoms. The summed E-state index contributed by atoms with van der Waals surface area (Å²) >= 11 is 1.87. The lowest BCUT2D eigenvalue weighted by atomic mass is 9.90. The fraction of sp³-hybridized carbons (Fsp3) is 0.423. The van der Waals surface area contributed by atoms with Gasteiger partial charge in [-0.15, -0.1) is 11.3 Å². The number of rotatable bonds is 5. The maximum absolute atomic E-state index is 13.0. The van der Waals surface area contributed by atoms with Crippen LogP contribution in [0.3, 0.4) is 0 Å². The van der Waals surface area contributed by atoms with Gasteiger partial charge in [-0.05, 0) is 80.5 Å². The van der Waals surface area contributed by atoms with Gasteiger partial charge in [0.25, 0.3) is 0 Å². The van der Waals surface area contributed by atoms with E-state index >= 15 is 0 Å². The van der Waals surface area contributed by atoms with E-state index in [-0.39, 0.29) is 12.1 Å². The van der Waals surface area contributed by atoms with Crippen molar-refractivity contribution in [2.24, 2.45) is 0 Å². The fourth-order valence-corrected chi connectivity index (χ4v) is 6.62. The maximum atomic E-state index is 13.0. The number of fused-ring (bicyclic) bond motifs is 2. The molecular formula is C26H32N4OS. The summed E-state index contributed by atoms with van der Waals surface area (Å²) in [7, 11) is 0. The predicted molar refractivity (Wildman–Crippen MR) is 132 cm³/mol. The summed E-state index contributed by atoms with van der Waals surface area (Å²) < 4.78 is 2.19. The van der Waals surface area contributed by atoms with Crippen LogP contribution in [0.2, 0.25) is 0 Å². The van der Waals surface area contributed by atoms with Crippen molar-refractivity contribution < 1.29 is 4.79 Å². The summed E-state index contributed by atoms with van der Waals surface area (Å²) in [5, 5.41) is 7.62. The summed E-state index contributed by atoms with van der Waals surface area (Å²) in [6, 6.07) is 10.2. The molecule has 3 heterocycles. The van der Waals surface area contributed by atoms with Crippen LogP contribution < -0.4 is 10.6 Å². The molecule has 0 saturated heterocycles. The molecule has 1 aliphatic heterocycles. The minimum Gasteiger partial charge on any atom is -0.331 e. The Morgan fingerprint density at radius 3 is 2.72 bits per heavy atom. The highest BCUT2D eigenvalue weighted by Crippen LogP contribution is 2.39. The number of benzene rings is 1. The number of nitrogens with one attached hydrogen (secondary N) is 2. The first kappa shape index (κ1) is 21.3. The van der Waals surface area contributed by atoms with Crippen molar-refractivity contribution in [3.8, 4) is 5.00 Å². The third kappa shape index (κ3) is 4.09. The Bertz CT molecular complexity index is 1100. The van der Waals surface area contributed by atoms with Gasteiger partial charge in [-0.25, -0.2) is 4.79 Å². The number of aromatic nitrogens is 1. The number of carbonyl (C=O) groups is 1. The van der Waals surface area contributed by atoms with Crippen molar-refractivity contribution in [3.05, 3.63) is 69.9 Å². The summed E-state index contributed by atoms with van der Waals surface area (Å²) in [5.41, 5.74) is 6.34. The van der Waals surface area contributed by atoms with Crippen LogP contribution in [0.15, 0.2) is 42.7 Å². The number of thiophene rings is 1. The van der Waals surface area contributed by atoms with Gasteiger partial charge in [-0.3, -0.25) is 4.90 Å². The van der Waals surface area contributed by atoms with Crippen LogP contribution in [-0.2, 0) is 25.8 Å². The number of carbonyl (C=O) groups excluding carboxylic acids is 1. The molecule has 32 heavy (non-hydrogen) atoms. The van der Waals surface area contributed by atoms with Crippen LogP contribution in [-0.4, -0.2) is 28.6 Å². The second kappa shape index (κ2) is 9.12. The Balaban J connectivity index is 1.39. The Morgan fingerprint density at radius 1 is 1.09 bits per heavy atom. The molecule has 1 aromatic carbocycles. The Kier molecular flexibility index (Phi) is 6.07. The van der Waals surface area contributed by atoms with Gasteiger partial charge < -0.3 is 15.2 Å². The average Bonchev–Trinajstić information content (AvgIpc) is 3.46. The normalized spacial score (nSPS) is 16.8. The molecule has 2 N–H and O–H groups in total. The lowest BCUT2D eigenvalue weighted by Gasteiger charge is -2.27. The monoisotopic (exact) mass is 448 g/mol. The maximum Gasteiger partial charge on any atom is 0.319 e. The van der Waals surface area contributed by atoms with Crippen LogP contribution >= 0.6 is 11.3 Å². The zero-order chi connectivity index (χ0) is 22.1. The standard InChI is InChI=1S/C26H32N4OS/c1-3-29-16-13-21-23(17-29)32-25(30-14-6-7-15-30)24(21)18(2)27-26(31)28-22-12-8-10-19-9-4-5-11-20(19)22/h6-8,10,12,14-15,18H,3-5,9,11,13,16-17H2,1-2H3,(H2,27,28,31)/t18-/m0/s1.